The SMILES string of the molecule is COc1ccc2nc(N=C(N)N)sc2c1. The van der Waals surface area contributed by atoms with Gasteiger partial charge in [0.05, 0.1) is 17.3 Å². The van der Waals surface area contributed by atoms with Gasteiger partial charge in [-0.3, -0.25) is 0 Å². The molecule has 1 aromatic heterocycles. The van der Waals surface area contributed by atoms with Crippen molar-refractivity contribution in [2.75, 3.05) is 7.11 Å². The van der Waals surface area contributed by atoms with Gasteiger partial charge in [-0.1, -0.05) is 11.3 Å². The van der Waals surface area contributed by atoms with E-state index >= 15 is 0 Å². The van der Waals surface area contributed by atoms with Gasteiger partial charge in [0.25, 0.3) is 0 Å². The van der Waals surface area contributed by atoms with Crippen LogP contribution in [0.25, 0.3) is 10.2 Å². The zero-order valence-corrected chi connectivity index (χ0v) is 8.91. The van der Waals surface area contributed by atoms with E-state index in [9.17, 15) is 0 Å². The fourth-order valence-corrected chi connectivity index (χ4v) is 2.06. The summed E-state index contributed by atoms with van der Waals surface area (Å²) in [6.07, 6.45) is 0. The highest BCUT2D eigenvalue weighted by atomic mass is 32.1. The third-order valence-corrected chi connectivity index (χ3v) is 2.72. The molecule has 4 N–H and O–H groups in total. The van der Waals surface area contributed by atoms with Crippen molar-refractivity contribution in [2.24, 2.45) is 16.5 Å². The van der Waals surface area contributed by atoms with Crippen LogP contribution in [-0.2, 0) is 0 Å². The van der Waals surface area contributed by atoms with Crippen LogP contribution in [-0.4, -0.2) is 18.1 Å². The van der Waals surface area contributed by atoms with E-state index in [0.29, 0.717) is 5.13 Å². The van der Waals surface area contributed by atoms with E-state index in [1.807, 2.05) is 18.2 Å². The third kappa shape index (κ3) is 1.99. The van der Waals surface area contributed by atoms with Gasteiger partial charge in [0.1, 0.15) is 5.75 Å². The topological polar surface area (TPSA) is 86.5 Å². The first kappa shape index (κ1) is 9.72. The van der Waals surface area contributed by atoms with Gasteiger partial charge in [-0.05, 0) is 18.2 Å². The molecule has 78 valence electrons. The normalized spacial score (nSPS) is 10.2. The Bertz CT molecular complexity index is 516. The number of thiazole rings is 1. The number of aliphatic imine (C=N–C) groups is 1. The van der Waals surface area contributed by atoms with Crippen LogP contribution < -0.4 is 16.2 Å². The highest BCUT2D eigenvalue weighted by molar-refractivity contribution is 7.22. The summed E-state index contributed by atoms with van der Waals surface area (Å²) in [6.45, 7) is 0. The Labute approximate surface area is 90.4 Å². The number of methoxy groups -OCH3 is 1. The van der Waals surface area contributed by atoms with E-state index in [0.717, 1.165) is 16.0 Å². The number of rotatable bonds is 2. The van der Waals surface area contributed by atoms with Gasteiger partial charge in [-0.15, -0.1) is 0 Å². The molecule has 5 nitrogen and oxygen atoms in total. The molecule has 0 saturated carbocycles. The molecule has 1 heterocycles. The molecule has 0 bridgehead atoms. The van der Waals surface area contributed by atoms with Gasteiger partial charge >= 0.3 is 0 Å². The lowest BCUT2D eigenvalue weighted by Crippen LogP contribution is -2.21. The maximum atomic E-state index is 5.27. The van der Waals surface area contributed by atoms with Crippen LogP contribution in [0.15, 0.2) is 23.2 Å². The molecule has 0 unspecified atom stereocenters. The minimum absolute atomic E-state index is 0.0148. The van der Waals surface area contributed by atoms with E-state index in [2.05, 4.69) is 9.98 Å². The van der Waals surface area contributed by atoms with Crippen molar-refractivity contribution in [1.29, 1.82) is 0 Å². The highest BCUT2D eigenvalue weighted by Crippen LogP contribution is 2.30. The van der Waals surface area contributed by atoms with Crippen LogP contribution >= 0.6 is 11.3 Å². The third-order valence-electron chi connectivity index (χ3n) is 1.81. The summed E-state index contributed by atoms with van der Waals surface area (Å²) in [6, 6.07) is 5.62. The highest BCUT2D eigenvalue weighted by Gasteiger charge is 2.03. The number of nitrogens with two attached hydrogens (primary N) is 2. The molecule has 0 fully saturated rings. The predicted molar refractivity (Wildman–Crippen MR) is 61.6 cm³/mol. The zero-order valence-electron chi connectivity index (χ0n) is 8.10. The molecule has 0 radical (unpaired) electrons. The fraction of sp³-hybridized carbons (Fsp3) is 0.111. The number of ether oxygens (including phenoxy) is 1. The summed E-state index contributed by atoms with van der Waals surface area (Å²) < 4.78 is 6.10. The van der Waals surface area contributed by atoms with Gasteiger partial charge in [0.15, 0.2) is 5.96 Å². The molecule has 0 amide bonds. The molecule has 0 spiro atoms. The zero-order chi connectivity index (χ0) is 10.8. The largest absolute Gasteiger partial charge is 0.497 e. The van der Waals surface area contributed by atoms with Gasteiger partial charge in [0.2, 0.25) is 5.13 Å². The predicted octanol–water partition coefficient (Wildman–Crippen LogP) is 1.21. The Morgan fingerprint density at radius 2 is 2.27 bits per heavy atom. The number of aromatic nitrogens is 1. The first-order valence-electron chi connectivity index (χ1n) is 4.23. The molecule has 6 heteroatoms. The lowest BCUT2D eigenvalue weighted by molar-refractivity contribution is 0.415. The monoisotopic (exact) mass is 222 g/mol. The molecule has 0 atom stereocenters. The van der Waals surface area contributed by atoms with Gasteiger partial charge in [0, 0.05) is 0 Å². The molecule has 2 aromatic rings. The first-order chi connectivity index (χ1) is 7.19. The average molecular weight is 222 g/mol. The average Bonchev–Trinajstić information content (AvgIpc) is 2.57. The van der Waals surface area contributed by atoms with Crippen LogP contribution in [0.5, 0.6) is 5.75 Å². The molecule has 1 aromatic carbocycles. The summed E-state index contributed by atoms with van der Waals surface area (Å²) in [5, 5.41) is 0.554. The standard InChI is InChI=1S/C9H10N4OS/c1-14-5-2-3-6-7(4-5)15-9(12-6)13-8(10)11/h2-4H,1H3,(H4,10,11,12,13). The molecule has 0 aliphatic heterocycles. The Balaban J connectivity index is 2.51. The summed E-state index contributed by atoms with van der Waals surface area (Å²) >= 11 is 1.42. The summed E-state index contributed by atoms with van der Waals surface area (Å²) in [7, 11) is 1.62. The van der Waals surface area contributed by atoms with Crippen molar-refractivity contribution in [3.63, 3.8) is 0 Å². The molecule has 0 aliphatic carbocycles. The van der Waals surface area contributed by atoms with Crippen molar-refractivity contribution >= 4 is 32.6 Å². The Kier molecular flexibility index (Phi) is 2.42. The van der Waals surface area contributed by atoms with Crippen LogP contribution in [0.3, 0.4) is 0 Å². The van der Waals surface area contributed by atoms with Crippen LogP contribution in [0.2, 0.25) is 0 Å². The number of benzene rings is 1. The lowest BCUT2D eigenvalue weighted by atomic mass is 10.3. The number of hydrogen-bond donors (Lipinski definition) is 2. The van der Waals surface area contributed by atoms with Crippen LogP contribution in [0.1, 0.15) is 0 Å². The van der Waals surface area contributed by atoms with E-state index in [1.54, 1.807) is 7.11 Å². The molecule has 15 heavy (non-hydrogen) atoms. The Morgan fingerprint density at radius 1 is 1.47 bits per heavy atom. The first-order valence-corrected chi connectivity index (χ1v) is 5.05. The number of fused-ring (bicyclic) bond motifs is 1. The summed E-state index contributed by atoms with van der Waals surface area (Å²) in [5.41, 5.74) is 11.4. The van der Waals surface area contributed by atoms with Crippen molar-refractivity contribution in [3.8, 4) is 5.75 Å². The van der Waals surface area contributed by atoms with Crippen LogP contribution in [0, 0.1) is 0 Å². The van der Waals surface area contributed by atoms with Crippen molar-refractivity contribution in [3.05, 3.63) is 18.2 Å². The second kappa shape index (κ2) is 3.74. The second-order valence-corrected chi connectivity index (χ2v) is 3.88. The molecular formula is C9H10N4OS. The summed E-state index contributed by atoms with van der Waals surface area (Å²) in [5.74, 6) is 0.809. The van der Waals surface area contributed by atoms with E-state index < -0.39 is 0 Å². The van der Waals surface area contributed by atoms with Gasteiger partial charge in [-0.25, -0.2) is 4.98 Å². The van der Waals surface area contributed by atoms with E-state index in [4.69, 9.17) is 16.2 Å². The fourth-order valence-electron chi connectivity index (χ4n) is 1.18. The minimum Gasteiger partial charge on any atom is -0.497 e. The Morgan fingerprint density at radius 3 is 2.93 bits per heavy atom. The van der Waals surface area contributed by atoms with Gasteiger partial charge in [-0.2, -0.15) is 4.99 Å². The smallest absolute Gasteiger partial charge is 0.213 e. The Hall–Kier alpha value is -1.82. The maximum absolute atomic E-state index is 5.27. The van der Waals surface area contributed by atoms with Crippen LogP contribution in [0.4, 0.5) is 5.13 Å². The maximum Gasteiger partial charge on any atom is 0.213 e. The molecule has 2 rings (SSSR count). The minimum atomic E-state index is 0.0148. The number of nitrogens with zero attached hydrogens (tertiary/aromatic N) is 2. The quantitative estimate of drug-likeness (QED) is 0.590. The molecule has 0 aliphatic rings. The lowest BCUT2D eigenvalue weighted by Gasteiger charge is -1.96. The number of guanidine groups is 1. The second-order valence-electron chi connectivity index (χ2n) is 2.87. The summed E-state index contributed by atoms with van der Waals surface area (Å²) in [4.78, 5) is 8.13. The van der Waals surface area contributed by atoms with E-state index in [1.165, 1.54) is 11.3 Å². The van der Waals surface area contributed by atoms with Gasteiger partial charge < -0.3 is 16.2 Å². The number of hydrogen-bond acceptors (Lipinski definition) is 4. The van der Waals surface area contributed by atoms with Crippen molar-refractivity contribution in [2.45, 2.75) is 0 Å². The van der Waals surface area contributed by atoms with Crippen molar-refractivity contribution < 1.29 is 4.74 Å². The van der Waals surface area contributed by atoms with Crippen molar-refractivity contribution in [1.82, 2.24) is 4.98 Å². The molecule has 0 saturated heterocycles. The van der Waals surface area contributed by atoms with E-state index in [-0.39, 0.29) is 5.96 Å². The molecular weight excluding hydrogens is 212 g/mol.